The minimum atomic E-state index is -4.77. The van der Waals surface area contributed by atoms with E-state index >= 15 is 0 Å². The van der Waals surface area contributed by atoms with E-state index in [1.807, 2.05) is 12.1 Å². The number of rotatable bonds is 6. The minimum Gasteiger partial charge on any atom is -0.206 e. The largest absolute Gasteiger partial charge is 0.419 e. The van der Waals surface area contributed by atoms with Gasteiger partial charge in [-0.15, -0.1) is 0 Å². The van der Waals surface area contributed by atoms with Gasteiger partial charge in [0, 0.05) is 5.56 Å². The molecule has 1 aliphatic rings. The van der Waals surface area contributed by atoms with Gasteiger partial charge < -0.3 is 0 Å². The molecule has 0 atom stereocenters. The molecular weight excluding hydrogens is 448 g/mol. The summed E-state index contributed by atoms with van der Waals surface area (Å²) in [6.45, 7) is 3.86. The van der Waals surface area contributed by atoms with E-state index in [9.17, 15) is 17.6 Å². The molecule has 0 unspecified atom stereocenters. The lowest BCUT2D eigenvalue weighted by Gasteiger charge is -2.28. The molecule has 0 aliphatic heterocycles. The first kappa shape index (κ1) is 25.2. The van der Waals surface area contributed by atoms with Crippen LogP contribution in [0.1, 0.15) is 75.0 Å². The highest BCUT2D eigenvalue weighted by atomic mass is 19.4. The Hall–Kier alpha value is -2.88. The first-order chi connectivity index (χ1) is 16.8. The average Bonchev–Trinajstić information content (AvgIpc) is 2.85. The summed E-state index contributed by atoms with van der Waals surface area (Å²) in [5.74, 6) is 0.264. The molecule has 0 N–H and O–H groups in total. The van der Waals surface area contributed by atoms with Crippen LogP contribution < -0.4 is 0 Å². The van der Waals surface area contributed by atoms with Crippen LogP contribution in [0.2, 0.25) is 0 Å². The molecule has 184 valence electrons. The van der Waals surface area contributed by atoms with Crippen LogP contribution in [0.3, 0.4) is 0 Å². The van der Waals surface area contributed by atoms with Crippen LogP contribution in [0.25, 0.3) is 28.3 Å². The summed E-state index contributed by atoms with van der Waals surface area (Å²) >= 11 is 0. The number of benzene rings is 3. The average molecular weight is 481 g/mol. The second-order valence-corrected chi connectivity index (χ2v) is 9.59. The smallest absolute Gasteiger partial charge is 0.206 e. The lowest BCUT2D eigenvalue weighted by atomic mass is 9.77. The van der Waals surface area contributed by atoms with Gasteiger partial charge in [0.15, 0.2) is 0 Å². The quantitative estimate of drug-likeness (QED) is 0.308. The highest BCUT2D eigenvalue weighted by molar-refractivity contribution is 5.73. The molecule has 1 saturated carbocycles. The molecule has 0 radical (unpaired) electrons. The summed E-state index contributed by atoms with van der Waals surface area (Å²) in [4.78, 5) is 0. The molecule has 0 nitrogen and oxygen atoms in total. The van der Waals surface area contributed by atoms with Crippen LogP contribution in [0.5, 0.6) is 0 Å². The monoisotopic (exact) mass is 480 g/mol. The third kappa shape index (κ3) is 5.69. The van der Waals surface area contributed by atoms with Gasteiger partial charge in [0.25, 0.3) is 0 Å². The van der Waals surface area contributed by atoms with Gasteiger partial charge in [-0.25, -0.2) is 4.39 Å². The highest BCUT2D eigenvalue weighted by Gasteiger charge is 2.37. The van der Waals surface area contributed by atoms with E-state index in [0.717, 1.165) is 17.0 Å². The Morgan fingerprint density at radius 1 is 0.800 bits per heavy atom. The van der Waals surface area contributed by atoms with E-state index in [2.05, 4.69) is 31.2 Å². The molecule has 3 aromatic carbocycles. The molecule has 0 bridgehead atoms. The molecule has 1 aliphatic carbocycles. The fraction of sp³-hybridized carbons (Fsp3) is 0.355. The zero-order valence-electron chi connectivity index (χ0n) is 20.3. The van der Waals surface area contributed by atoms with E-state index in [4.69, 9.17) is 0 Å². The van der Waals surface area contributed by atoms with Crippen molar-refractivity contribution in [3.05, 3.63) is 89.2 Å². The topological polar surface area (TPSA) is 0 Å². The number of hydrogen-bond donors (Lipinski definition) is 0. The van der Waals surface area contributed by atoms with Crippen molar-refractivity contribution in [2.75, 3.05) is 0 Å². The van der Waals surface area contributed by atoms with Crippen LogP contribution in [-0.2, 0) is 6.18 Å². The van der Waals surface area contributed by atoms with Crippen molar-refractivity contribution >= 4 is 6.08 Å². The second kappa shape index (κ2) is 10.8. The normalized spacial score (nSPS) is 18.8. The van der Waals surface area contributed by atoms with E-state index in [1.165, 1.54) is 68.4 Å². The van der Waals surface area contributed by atoms with E-state index in [1.54, 1.807) is 19.1 Å². The van der Waals surface area contributed by atoms with Crippen molar-refractivity contribution in [2.24, 2.45) is 5.92 Å². The molecule has 0 aromatic heterocycles. The van der Waals surface area contributed by atoms with E-state index in [0.29, 0.717) is 11.5 Å². The zero-order chi connectivity index (χ0) is 25.0. The summed E-state index contributed by atoms with van der Waals surface area (Å²) in [5, 5.41) is 0. The minimum absolute atomic E-state index is 0.0499. The van der Waals surface area contributed by atoms with Crippen LogP contribution in [0.15, 0.2) is 66.7 Å². The molecule has 0 saturated heterocycles. The predicted octanol–water partition coefficient (Wildman–Crippen LogP) is 10.3. The van der Waals surface area contributed by atoms with Gasteiger partial charge >= 0.3 is 6.18 Å². The molecule has 0 spiro atoms. The first-order valence-electron chi connectivity index (χ1n) is 12.5. The molecule has 3 aromatic rings. The molecule has 4 rings (SSSR count). The van der Waals surface area contributed by atoms with Crippen molar-refractivity contribution in [3.63, 3.8) is 0 Å². The lowest BCUT2D eigenvalue weighted by Crippen LogP contribution is -2.13. The summed E-state index contributed by atoms with van der Waals surface area (Å²) in [6, 6.07) is 18.4. The first-order valence-corrected chi connectivity index (χ1v) is 12.5. The lowest BCUT2D eigenvalue weighted by molar-refractivity contribution is -0.140. The Morgan fingerprint density at radius 3 is 1.91 bits per heavy atom. The maximum atomic E-state index is 15.0. The Kier molecular flexibility index (Phi) is 7.78. The Balaban J connectivity index is 1.53. The Bertz CT molecular complexity index is 1150. The molecule has 0 amide bonds. The summed E-state index contributed by atoms with van der Waals surface area (Å²) in [6.07, 6.45) is 5.69. The predicted molar refractivity (Wildman–Crippen MR) is 137 cm³/mol. The van der Waals surface area contributed by atoms with E-state index in [-0.39, 0.29) is 11.1 Å². The van der Waals surface area contributed by atoms with Gasteiger partial charge in [-0.2, -0.15) is 13.2 Å². The number of alkyl halides is 3. The van der Waals surface area contributed by atoms with Gasteiger partial charge in [0.05, 0.1) is 5.56 Å². The fourth-order valence-corrected chi connectivity index (χ4v) is 5.40. The zero-order valence-corrected chi connectivity index (χ0v) is 20.3. The molecule has 1 fully saturated rings. The molecular formula is C31H32F4. The number of allylic oxidation sites excluding steroid dienone is 1. The van der Waals surface area contributed by atoms with Crippen molar-refractivity contribution < 1.29 is 17.6 Å². The van der Waals surface area contributed by atoms with Gasteiger partial charge in [-0.3, -0.25) is 0 Å². The van der Waals surface area contributed by atoms with Crippen LogP contribution in [0, 0.1) is 11.7 Å². The van der Waals surface area contributed by atoms with Crippen molar-refractivity contribution in [1.29, 1.82) is 0 Å². The summed E-state index contributed by atoms with van der Waals surface area (Å²) in [5.41, 5.74) is 2.35. The Labute approximate surface area is 205 Å². The SMILES string of the molecule is CC=Cc1ccc(-c2ccc(-c3ccc(C4CCC(CCC)CC4)cc3)cc2)c(F)c1C(F)(F)F. The number of hydrogen-bond acceptors (Lipinski definition) is 0. The van der Waals surface area contributed by atoms with Crippen molar-refractivity contribution in [3.8, 4) is 22.3 Å². The number of halogens is 4. The molecule has 4 heteroatoms. The van der Waals surface area contributed by atoms with Gasteiger partial charge in [0.2, 0.25) is 0 Å². The maximum absolute atomic E-state index is 15.0. The Morgan fingerprint density at radius 2 is 1.37 bits per heavy atom. The molecule has 0 heterocycles. The fourth-order valence-electron chi connectivity index (χ4n) is 5.40. The van der Waals surface area contributed by atoms with Crippen molar-refractivity contribution in [1.82, 2.24) is 0 Å². The van der Waals surface area contributed by atoms with Gasteiger partial charge in [-0.1, -0.05) is 92.6 Å². The van der Waals surface area contributed by atoms with Crippen molar-refractivity contribution in [2.45, 2.75) is 64.5 Å². The standard InChI is InChI=1S/C31H32F4/c1-3-5-21-7-9-22(10-8-21)23-11-13-24(14-12-23)25-15-17-26(18-16-25)28-20-19-27(6-4-2)29(30(28)32)31(33,34)35/h4,6,11-22H,3,5,7-10H2,1-2H3. The second-order valence-electron chi connectivity index (χ2n) is 9.59. The van der Waals surface area contributed by atoms with E-state index < -0.39 is 17.6 Å². The van der Waals surface area contributed by atoms with Gasteiger partial charge in [0.1, 0.15) is 5.82 Å². The molecule has 35 heavy (non-hydrogen) atoms. The highest BCUT2D eigenvalue weighted by Crippen LogP contribution is 2.40. The van der Waals surface area contributed by atoms with Crippen LogP contribution in [-0.4, -0.2) is 0 Å². The summed E-state index contributed by atoms with van der Waals surface area (Å²) < 4.78 is 55.7. The third-order valence-electron chi connectivity index (χ3n) is 7.26. The van der Waals surface area contributed by atoms with Gasteiger partial charge in [-0.05, 0) is 72.3 Å². The summed E-state index contributed by atoms with van der Waals surface area (Å²) in [7, 11) is 0. The maximum Gasteiger partial charge on any atom is 0.419 e. The van der Waals surface area contributed by atoms with Crippen LogP contribution >= 0.6 is 0 Å². The van der Waals surface area contributed by atoms with Crippen LogP contribution in [0.4, 0.5) is 17.6 Å². The third-order valence-corrected chi connectivity index (χ3v) is 7.26.